The maximum Gasteiger partial charge on any atom is 0.262 e. The molecule has 8 heteroatoms. The van der Waals surface area contributed by atoms with Crippen LogP contribution in [0.4, 0.5) is 0 Å². The predicted octanol–water partition coefficient (Wildman–Crippen LogP) is 2.19. The summed E-state index contributed by atoms with van der Waals surface area (Å²) >= 11 is 3.33. The molecule has 3 amide bonds. The van der Waals surface area contributed by atoms with Crippen LogP contribution in [0.2, 0.25) is 0 Å². The van der Waals surface area contributed by atoms with Crippen LogP contribution < -0.4 is 10.9 Å². The summed E-state index contributed by atoms with van der Waals surface area (Å²) in [6, 6.07) is 8.85. The van der Waals surface area contributed by atoms with Gasteiger partial charge in [-0.25, -0.2) is 0 Å². The first kappa shape index (κ1) is 20.0. The number of aromatic nitrogens is 1. The van der Waals surface area contributed by atoms with E-state index in [1.807, 2.05) is 0 Å². The molecule has 1 N–H and O–H groups in total. The molecule has 0 saturated carbocycles. The number of halogens is 1. The second-order valence-electron chi connectivity index (χ2n) is 6.58. The Kier molecular flexibility index (Phi) is 6.08. The van der Waals surface area contributed by atoms with Crippen LogP contribution in [0.3, 0.4) is 0 Å². The molecule has 0 saturated heterocycles. The number of nitrogens with zero attached hydrogens (tertiary/aromatic N) is 2. The van der Waals surface area contributed by atoms with Crippen molar-refractivity contribution < 1.29 is 14.4 Å². The maximum absolute atomic E-state index is 12.4. The van der Waals surface area contributed by atoms with E-state index in [0.29, 0.717) is 37.1 Å². The zero-order valence-electron chi connectivity index (χ0n) is 15.4. The van der Waals surface area contributed by atoms with Crippen molar-refractivity contribution in [2.45, 2.75) is 32.4 Å². The number of carbonyl (C=O) groups is 3. The van der Waals surface area contributed by atoms with Crippen molar-refractivity contribution in [2.24, 2.45) is 0 Å². The molecule has 7 nitrogen and oxygen atoms in total. The number of hydrogen-bond acceptors (Lipinski definition) is 4. The second kappa shape index (κ2) is 8.52. The summed E-state index contributed by atoms with van der Waals surface area (Å²) in [5.74, 6) is -1.27. The summed E-state index contributed by atoms with van der Waals surface area (Å²) in [5.41, 5.74) is 0.574. The number of pyridine rings is 1. The molecule has 146 valence electrons. The van der Waals surface area contributed by atoms with E-state index in [-0.39, 0.29) is 11.5 Å². The highest BCUT2D eigenvalue weighted by Crippen LogP contribution is 2.24. The predicted molar refractivity (Wildman–Crippen MR) is 107 cm³/mol. The van der Waals surface area contributed by atoms with Gasteiger partial charge < -0.3 is 9.88 Å². The van der Waals surface area contributed by atoms with Gasteiger partial charge in [0.1, 0.15) is 6.04 Å². The fourth-order valence-electron chi connectivity index (χ4n) is 3.12. The highest BCUT2D eigenvalue weighted by molar-refractivity contribution is 9.10. The molecule has 1 aromatic carbocycles. The minimum Gasteiger partial charge on any atom is -0.354 e. The third-order valence-electron chi connectivity index (χ3n) is 4.66. The number of hydrogen-bond donors (Lipinski definition) is 1. The lowest BCUT2D eigenvalue weighted by atomic mass is 10.1. The second-order valence-corrected chi connectivity index (χ2v) is 7.49. The van der Waals surface area contributed by atoms with Crippen LogP contribution in [0.5, 0.6) is 0 Å². The van der Waals surface area contributed by atoms with Crippen molar-refractivity contribution in [3.05, 3.63) is 68.5 Å². The Hall–Kier alpha value is -2.74. The van der Waals surface area contributed by atoms with Gasteiger partial charge in [-0.05, 0) is 53.9 Å². The van der Waals surface area contributed by atoms with Gasteiger partial charge in [-0.1, -0.05) is 12.1 Å². The van der Waals surface area contributed by atoms with E-state index in [1.54, 1.807) is 41.1 Å². The Morgan fingerprint density at radius 2 is 1.68 bits per heavy atom. The largest absolute Gasteiger partial charge is 0.354 e. The first-order valence-corrected chi connectivity index (χ1v) is 9.80. The molecule has 2 aromatic rings. The molecule has 1 atom stereocenters. The van der Waals surface area contributed by atoms with Crippen molar-refractivity contribution in [3.63, 3.8) is 0 Å². The fraction of sp³-hybridized carbons (Fsp3) is 0.300. The van der Waals surface area contributed by atoms with E-state index in [2.05, 4.69) is 21.2 Å². The Labute approximate surface area is 170 Å². The van der Waals surface area contributed by atoms with Crippen molar-refractivity contribution >= 4 is 33.7 Å². The van der Waals surface area contributed by atoms with Crippen molar-refractivity contribution in [1.82, 2.24) is 14.8 Å². The molecular formula is C20H20BrN3O4. The Morgan fingerprint density at radius 1 is 1.04 bits per heavy atom. The average molecular weight is 446 g/mol. The zero-order valence-corrected chi connectivity index (χ0v) is 16.9. The summed E-state index contributed by atoms with van der Waals surface area (Å²) in [7, 11) is 0. The number of aryl methyl sites for hydroxylation is 1. The number of amides is 3. The van der Waals surface area contributed by atoms with Crippen LogP contribution >= 0.6 is 15.9 Å². The Bertz CT molecular complexity index is 950. The summed E-state index contributed by atoms with van der Waals surface area (Å²) in [6.07, 6.45) is 3.10. The first-order valence-electron chi connectivity index (χ1n) is 9.01. The van der Waals surface area contributed by atoms with Crippen LogP contribution in [-0.4, -0.2) is 39.8 Å². The molecule has 0 radical (unpaired) electrons. The molecule has 0 aliphatic carbocycles. The molecule has 1 aromatic heterocycles. The molecule has 0 fully saturated rings. The molecule has 3 rings (SSSR count). The minimum atomic E-state index is -0.889. The number of nitrogens with one attached hydrogen (secondary N) is 1. The van der Waals surface area contributed by atoms with Crippen molar-refractivity contribution in [3.8, 4) is 0 Å². The quantitative estimate of drug-likeness (QED) is 0.522. The molecule has 1 aliphatic rings. The lowest BCUT2D eigenvalue weighted by Crippen LogP contribution is -2.48. The SMILES string of the molecule is CC(C(=O)NCCCCn1cc(Br)ccc1=O)N1C(=O)c2ccccc2C1=O. The molecule has 28 heavy (non-hydrogen) atoms. The summed E-state index contributed by atoms with van der Waals surface area (Å²) < 4.78 is 2.43. The molecule has 0 spiro atoms. The summed E-state index contributed by atoms with van der Waals surface area (Å²) in [4.78, 5) is 50.0. The normalized spacial score (nSPS) is 14.1. The number of fused-ring (bicyclic) bond motifs is 1. The van der Waals surface area contributed by atoms with E-state index in [9.17, 15) is 19.2 Å². The van der Waals surface area contributed by atoms with Gasteiger partial charge in [-0.3, -0.25) is 24.1 Å². The van der Waals surface area contributed by atoms with Gasteiger partial charge in [0, 0.05) is 29.8 Å². The lowest BCUT2D eigenvalue weighted by Gasteiger charge is -2.21. The average Bonchev–Trinajstić information content (AvgIpc) is 2.94. The van der Waals surface area contributed by atoms with Crippen LogP contribution in [0, 0.1) is 0 Å². The van der Waals surface area contributed by atoms with Crippen LogP contribution in [0.15, 0.2) is 51.9 Å². The molecular weight excluding hydrogens is 426 g/mol. The number of imide groups is 1. The van der Waals surface area contributed by atoms with Gasteiger partial charge in [-0.2, -0.15) is 0 Å². The third kappa shape index (κ3) is 4.06. The molecule has 1 unspecified atom stereocenters. The highest BCUT2D eigenvalue weighted by atomic mass is 79.9. The van der Waals surface area contributed by atoms with Crippen molar-refractivity contribution in [1.29, 1.82) is 0 Å². The van der Waals surface area contributed by atoms with Crippen LogP contribution in [-0.2, 0) is 11.3 Å². The first-order chi connectivity index (χ1) is 13.4. The minimum absolute atomic E-state index is 0.0773. The zero-order chi connectivity index (χ0) is 20.3. The standard InChI is InChI=1S/C20H20BrN3O4/c1-13(24-19(27)15-6-2-3-7-16(15)20(24)28)18(26)22-10-4-5-11-23-12-14(21)8-9-17(23)25/h2-3,6-9,12-13H,4-5,10-11H2,1H3,(H,22,26). The van der Waals surface area contributed by atoms with Crippen molar-refractivity contribution in [2.75, 3.05) is 6.54 Å². The van der Waals surface area contributed by atoms with E-state index in [4.69, 9.17) is 0 Å². The van der Waals surface area contributed by atoms with Gasteiger partial charge in [0.15, 0.2) is 0 Å². The summed E-state index contributed by atoms with van der Waals surface area (Å²) in [5, 5.41) is 2.76. The van der Waals surface area contributed by atoms with Gasteiger partial charge in [-0.15, -0.1) is 0 Å². The van der Waals surface area contributed by atoms with Gasteiger partial charge in [0.2, 0.25) is 5.91 Å². The number of unbranched alkanes of at least 4 members (excludes halogenated alkanes) is 1. The Morgan fingerprint density at radius 3 is 2.32 bits per heavy atom. The smallest absolute Gasteiger partial charge is 0.262 e. The highest BCUT2D eigenvalue weighted by Gasteiger charge is 2.40. The number of benzene rings is 1. The molecule has 1 aliphatic heterocycles. The van der Waals surface area contributed by atoms with Gasteiger partial charge in [0.25, 0.3) is 17.4 Å². The maximum atomic E-state index is 12.4. The van der Waals surface area contributed by atoms with Gasteiger partial charge >= 0.3 is 0 Å². The van der Waals surface area contributed by atoms with E-state index in [0.717, 1.165) is 9.37 Å². The number of carbonyl (C=O) groups excluding carboxylic acids is 3. The molecule has 2 heterocycles. The van der Waals surface area contributed by atoms with Crippen LogP contribution in [0.1, 0.15) is 40.5 Å². The lowest BCUT2D eigenvalue weighted by molar-refractivity contribution is -0.124. The number of rotatable bonds is 7. The van der Waals surface area contributed by atoms with Crippen LogP contribution in [0.25, 0.3) is 0 Å². The Balaban J connectivity index is 1.49. The third-order valence-corrected chi connectivity index (χ3v) is 5.13. The molecule has 0 bridgehead atoms. The van der Waals surface area contributed by atoms with E-state index < -0.39 is 17.9 Å². The van der Waals surface area contributed by atoms with E-state index in [1.165, 1.54) is 13.0 Å². The summed E-state index contributed by atoms with van der Waals surface area (Å²) in [6.45, 7) is 2.48. The topological polar surface area (TPSA) is 88.5 Å². The fourth-order valence-corrected chi connectivity index (χ4v) is 3.50. The van der Waals surface area contributed by atoms with Gasteiger partial charge in [0.05, 0.1) is 11.1 Å². The van der Waals surface area contributed by atoms with E-state index >= 15 is 0 Å². The monoisotopic (exact) mass is 445 g/mol.